The van der Waals surface area contributed by atoms with E-state index in [1.165, 1.54) is 0 Å². The van der Waals surface area contributed by atoms with Crippen LogP contribution in [0.4, 0.5) is 0 Å². The Bertz CT molecular complexity index is 126. The van der Waals surface area contributed by atoms with Gasteiger partial charge in [-0.15, -0.1) is 0 Å². The van der Waals surface area contributed by atoms with Crippen molar-refractivity contribution in [1.29, 1.82) is 0 Å². The van der Waals surface area contributed by atoms with Crippen LogP contribution in [0.2, 0.25) is 0 Å². The first kappa shape index (κ1) is 12.1. The lowest BCUT2D eigenvalue weighted by Gasteiger charge is -2.05. The summed E-state index contributed by atoms with van der Waals surface area (Å²) >= 11 is 0. The maximum absolute atomic E-state index is 11.3. The van der Waals surface area contributed by atoms with Crippen LogP contribution in [0.25, 0.3) is 0 Å². The monoisotopic (exact) mass is 191 g/mol. The molecule has 1 N–H and O–H groups in total. The van der Waals surface area contributed by atoms with Gasteiger partial charge in [0.2, 0.25) is 0 Å². The summed E-state index contributed by atoms with van der Waals surface area (Å²) in [6, 6.07) is 0. The Morgan fingerprint density at radius 3 is 2.50 bits per heavy atom. The summed E-state index contributed by atoms with van der Waals surface area (Å²) in [6.07, 6.45) is 1.15. The van der Waals surface area contributed by atoms with E-state index in [2.05, 4.69) is 26.1 Å². The quantitative estimate of drug-likeness (QED) is 0.616. The molecule has 0 rings (SSSR count). The molecule has 0 aliphatic rings. The van der Waals surface area contributed by atoms with Crippen LogP contribution in [0.3, 0.4) is 0 Å². The lowest BCUT2D eigenvalue weighted by Crippen LogP contribution is -2.22. The molecule has 0 fully saturated rings. The Labute approximate surface area is 78.6 Å². The van der Waals surface area contributed by atoms with Crippen LogP contribution >= 0.6 is 0 Å². The molecule has 2 nitrogen and oxygen atoms in total. The number of hydrogen-bond acceptors (Lipinski definition) is 2. The normalized spacial score (nSPS) is 13.7. The molecular weight excluding hydrogens is 170 g/mol. The Kier molecular flexibility index (Phi) is 7.81. The minimum Gasteiger partial charge on any atom is -0.316 e. The van der Waals surface area contributed by atoms with Crippen LogP contribution in [0, 0.1) is 5.92 Å². The second kappa shape index (κ2) is 7.74. The average molecular weight is 191 g/mol. The van der Waals surface area contributed by atoms with E-state index in [0.29, 0.717) is 5.92 Å². The van der Waals surface area contributed by atoms with E-state index < -0.39 is 10.8 Å². The second-order valence-electron chi connectivity index (χ2n) is 3.45. The highest BCUT2D eigenvalue weighted by Crippen LogP contribution is 1.95. The first-order valence-corrected chi connectivity index (χ1v) is 6.21. The molecule has 0 radical (unpaired) electrons. The molecule has 0 aromatic heterocycles. The van der Waals surface area contributed by atoms with E-state index in [0.717, 1.165) is 31.0 Å². The minimum absolute atomic E-state index is 0.553. The summed E-state index contributed by atoms with van der Waals surface area (Å²) in [5, 5.41) is 3.25. The number of nitrogens with one attached hydrogen (secondary N) is 1. The molecule has 0 spiro atoms. The molecule has 0 heterocycles. The van der Waals surface area contributed by atoms with Gasteiger partial charge in [0.25, 0.3) is 0 Å². The molecule has 1 unspecified atom stereocenters. The van der Waals surface area contributed by atoms with Gasteiger partial charge in [-0.05, 0) is 18.9 Å². The van der Waals surface area contributed by atoms with Crippen molar-refractivity contribution in [2.75, 3.05) is 24.6 Å². The molecule has 0 aliphatic heterocycles. The lowest BCUT2D eigenvalue weighted by atomic mass is 10.3. The Morgan fingerprint density at radius 2 is 2.00 bits per heavy atom. The summed E-state index contributed by atoms with van der Waals surface area (Å²) in [5.74, 6) is 2.20. The van der Waals surface area contributed by atoms with Crippen molar-refractivity contribution >= 4 is 10.8 Å². The molecular formula is C9H21NOS. The lowest BCUT2D eigenvalue weighted by molar-refractivity contribution is 0.654. The number of hydrogen-bond donors (Lipinski definition) is 1. The van der Waals surface area contributed by atoms with Crippen molar-refractivity contribution in [2.24, 2.45) is 5.92 Å². The molecule has 0 aromatic rings. The highest BCUT2D eigenvalue weighted by Gasteiger charge is 2.01. The molecule has 1 atom stereocenters. The van der Waals surface area contributed by atoms with E-state index in [9.17, 15) is 4.21 Å². The molecule has 0 bridgehead atoms. The third-order valence-electron chi connectivity index (χ3n) is 1.45. The van der Waals surface area contributed by atoms with Crippen molar-refractivity contribution in [1.82, 2.24) is 5.32 Å². The predicted molar refractivity (Wildman–Crippen MR) is 55.9 cm³/mol. The third-order valence-corrected chi connectivity index (χ3v) is 3.15. The summed E-state index contributed by atoms with van der Waals surface area (Å²) < 4.78 is 11.3. The Hall–Kier alpha value is 0.110. The summed E-state index contributed by atoms with van der Waals surface area (Å²) in [5.41, 5.74) is 0. The largest absolute Gasteiger partial charge is 0.316 e. The van der Waals surface area contributed by atoms with E-state index in [1.807, 2.05) is 0 Å². The van der Waals surface area contributed by atoms with Crippen LogP contribution in [0.5, 0.6) is 0 Å². The first-order valence-electron chi connectivity index (χ1n) is 4.72. The van der Waals surface area contributed by atoms with Gasteiger partial charge in [0.1, 0.15) is 0 Å². The molecule has 3 heteroatoms. The van der Waals surface area contributed by atoms with Gasteiger partial charge < -0.3 is 5.32 Å². The molecule has 0 aromatic carbocycles. The Morgan fingerprint density at radius 1 is 1.33 bits per heavy atom. The van der Waals surface area contributed by atoms with Gasteiger partial charge in [0.05, 0.1) is 0 Å². The summed E-state index contributed by atoms with van der Waals surface area (Å²) in [6.45, 7) is 8.29. The van der Waals surface area contributed by atoms with Gasteiger partial charge >= 0.3 is 0 Å². The first-order chi connectivity index (χ1) is 5.66. The fraction of sp³-hybridized carbons (Fsp3) is 1.00. The summed E-state index contributed by atoms with van der Waals surface area (Å²) in [7, 11) is -0.616. The van der Waals surface area contributed by atoms with Crippen LogP contribution in [0.1, 0.15) is 27.2 Å². The van der Waals surface area contributed by atoms with Gasteiger partial charge in [-0.2, -0.15) is 0 Å². The van der Waals surface area contributed by atoms with Gasteiger partial charge in [-0.25, -0.2) is 0 Å². The van der Waals surface area contributed by atoms with E-state index in [1.54, 1.807) is 0 Å². The average Bonchev–Trinajstić information content (AvgIpc) is 1.97. The standard InChI is InChI=1S/C9H21NOS/c1-4-5-10-6-7-12(11)8-9(2)3/h9-10H,4-8H2,1-3H3. The van der Waals surface area contributed by atoms with Crippen molar-refractivity contribution in [3.05, 3.63) is 0 Å². The zero-order valence-corrected chi connectivity index (χ0v) is 9.25. The van der Waals surface area contributed by atoms with Crippen molar-refractivity contribution in [3.63, 3.8) is 0 Å². The van der Waals surface area contributed by atoms with Gasteiger partial charge in [0, 0.05) is 28.9 Å². The highest BCUT2D eigenvalue weighted by molar-refractivity contribution is 7.85. The van der Waals surface area contributed by atoms with Crippen LogP contribution in [-0.2, 0) is 10.8 Å². The van der Waals surface area contributed by atoms with Crippen LogP contribution in [-0.4, -0.2) is 28.8 Å². The van der Waals surface area contributed by atoms with Crippen molar-refractivity contribution in [3.8, 4) is 0 Å². The van der Waals surface area contributed by atoms with Gasteiger partial charge in [-0.3, -0.25) is 4.21 Å². The minimum atomic E-state index is -0.616. The smallest absolute Gasteiger partial charge is 0.0360 e. The maximum Gasteiger partial charge on any atom is 0.0360 e. The molecule has 74 valence electrons. The van der Waals surface area contributed by atoms with E-state index in [4.69, 9.17) is 0 Å². The third kappa shape index (κ3) is 8.21. The number of rotatable bonds is 7. The fourth-order valence-corrected chi connectivity index (χ4v) is 2.23. The summed E-state index contributed by atoms with van der Waals surface area (Å²) in [4.78, 5) is 0. The van der Waals surface area contributed by atoms with Gasteiger partial charge in [0.15, 0.2) is 0 Å². The maximum atomic E-state index is 11.3. The predicted octanol–water partition coefficient (Wildman–Crippen LogP) is 1.39. The van der Waals surface area contributed by atoms with Crippen LogP contribution in [0.15, 0.2) is 0 Å². The molecule has 0 aliphatic carbocycles. The van der Waals surface area contributed by atoms with Crippen molar-refractivity contribution < 1.29 is 4.21 Å². The van der Waals surface area contributed by atoms with Crippen LogP contribution < -0.4 is 5.32 Å². The molecule has 12 heavy (non-hydrogen) atoms. The topological polar surface area (TPSA) is 29.1 Å². The molecule has 0 amide bonds. The highest BCUT2D eigenvalue weighted by atomic mass is 32.2. The van der Waals surface area contributed by atoms with Crippen molar-refractivity contribution in [2.45, 2.75) is 27.2 Å². The SMILES string of the molecule is CCCNCCS(=O)CC(C)C. The molecule has 0 saturated carbocycles. The molecule has 0 saturated heterocycles. The fourth-order valence-electron chi connectivity index (χ4n) is 0.943. The second-order valence-corrected chi connectivity index (χ2v) is 5.08. The zero-order chi connectivity index (χ0) is 9.40. The van der Waals surface area contributed by atoms with Gasteiger partial charge in [-0.1, -0.05) is 20.8 Å². The Balaban J connectivity index is 3.20. The zero-order valence-electron chi connectivity index (χ0n) is 8.43. The van der Waals surface area contributed by atoms with E-state index in [-0.39, 0.29) is 0 Å². The van der Waals surface area contributed by atoms with E-state index >= 15 is 0 Å².